The van der Waals surface area contributed by atoms with E-state index in [-0.39, 0.29) is 23.6 Å². The summed E-state index contributed by atoms with van der Waals surface area (Å²) in [6.07, 6.45) is 2.80. The van der Waals surface area contributed by atoms with Gasteiger partial charge in [0.25, 0.3) is 5.69 Å². The summed E-state index contributed by atoms with van der Waals surface area (Å²) < 4.78 is 11.3. The molecule has 0 spiro atoms. The number of carbonyl (C=O) groups excluding carboxylic acids is 1. The molecule has 8 heteroatoms. The van der Waals surface area contributed by atoms with Crippen LogP contribution in [0, 0.1) is 10.1 Å². The lowest BCUT2D eigenvalue weighted by molar-refractivity contribution is -0.385. The lowest BCUT2D eigenvalue weighted by Gasteiger charge is -2.37. The van der Waals surface area contributed by atoms with Crippen molar-refractivity contribution in [3.05, 3.63) is 39.4 Å². The number of nitrogens with two attached hydrogens (primary N) is 1. The van der Waals surface area contributed by atoms with Crippen LogP contribution in [0.4, 0.5) is 5.69 Å². The van der Waals surface area contributed by atoms with E-state index in [0.717, 1.165) is 25.8 Å². The Morgan fingerprint density at radius 1 is 1.33 bits per heavy atom. The quantitative estimate of drug-likeness (QED) is 0.644. The van der Waals surface area contributed by atoms with Gasteiger partial charge in [-0.25, -0.2) is 0 Å². The predicted molar refractivity (Wildman–Crippen MR) is 85.4 cm³/mol. The van der Waals surface area contributed by atoms with Gasteiger partial charge in [0.2, 0.25) is 5.91 Å². The molecule has 0 bridgehead atoms. The molecule has 0 radical (unpaired) electrons. The van der Waals surface area contributed by atoms with Gasteiger partial charge in [-0.3, -0.25) is 19.8 Å². The maximum atomic E-state index is 11.4. The smallest absolute Gasteiger partial charge is 0.274 e. The minimum atomic E-state index is -0.673. The molecule has 0 saturated carbocycles. The van der Waals surface area contributed by atoms with Gasteiger partial charge in [0.15, 0.2) is 6.29 Å². The van der Waals surface area contributed by atoms with Crippen LogP contribution >= 0.6 is 0 Å². The van der Waals surface area contributed by atoms with E-state index < -0.39 is 10.8 Å². The summed E-state index contributed by atoms with van der Waals surface area (Å²) >= 11 is 0. The van der Waals surface area contributed by atoms with Gasteiger partial charge >= 0.3 is 0 Å². The summed E-state index contributed by atoms with van der Waals surface area (Å²) in [4.78, 5) is 24.3. The minimum Gasteiger partial charge on any atom is -0.366 e. The van der Waals surface area contributed by atoms with Crippen molar-refractivity contribution >= 4 is 11.6 Å². The molecule has 0 unspecified atom stereocenters. The fourth-order valence-electron chi connectivity index (χ4n) is 3.36. The van der Waals surface area contributed by atoms with Gasteiger partial charge in [-0.05, 0) is 25.5 Å². The summed E-state index contributed by atoms with van der Waals surface area (Å²) in [5, 5.41) is 11.4. The van der Waals surface area contributed by atoms with E-state index in [4.69, 9.17) is 15.2 Å². The fourth-order valence-corrected chi connectivity index (χ4v) is 3.36. The Labute approximate surface area is 139 Å². The molecule has 2 aliphatic heterocycles. The third-order valence-corrected chi connectivity index (χ3v) is 4.57. The number of rotatable bonds is 5. The Morgan fingerprint density at radius 3 is 2.75 bits per heavy atom. The second-order valence-electron chi connectivity index (χ2n) is 6.11. The molecule has 1 atom stereocenters. The molecule has 2 heterocycles. The molecule has 8 nitrogen and oxygen atoms in total. The second-order valence-corrected chi connectivity index (χ2v) is 6.11. The molecule has 1 aromatic rings. The largest absolute Gasteiger partial charge is 0.366 e. The van der Waals surface area contributed by atoms with Crippen molar-refractivity contribution in [2.45, 2.75) is 38.1 Å². The van der Waals surface area contributed by atoms with E-state index in [0.29, 0.717) is 25.3 Å². The van der Waals surface area contributed by atoms with Crippen molar-refractivity contribution < 1.29 is 19.2 Å². The number of benzene rings is 1. The van der Waals surface area contributed by atoms with Crippen molar-refractivity contribution in [3.8, 4) is 0 Å². The van der Waals surface area contributed by atoms with Gasteiger partial charge in [0.05, 0.1) is 24.2 Å². The first kappa shape index (κ1) is 16.8. The highest BCUT2D eigenvalue weighted by molar-refractivity contribution is 5.93. The number of nitro benzene ring substituents is 1. The van der Waals surface area contributed by atoms with Crippen molar-refractivity contribution in [3.63, 3.8) is 0 Å². The van der Waals surface area contributed by atoms with Gasteiger partial charge in [-0.15, -0.1) is 0 Å². The zero-order valence-electron chi connectivity index (χ0n) is 13.3. The first-order valence-corrected chi connectivity index (χ1v) is 8.10. The van der Waals surface area contributed by atoms with Crippen molar-refractivity contribution in [1.29, 1.82) is 0 Å². The molecule has 2 fully saturated rings. The lowest BCUT2D eigenvalue weighted by Crippen LogP contribution is -2.46. The first-order valence-electron chi connectivity index (χ1n) is 8.10. The van der Waals surface area contributed by atoms with Crippen LogP contribution in [0.2, 0.25) is 0 Å². The molecule has 1 amide bonds. The van der Waals surface area contributed by atoms with Gasteiger partial charge in [-0.2, -0.15) is 0 Å². The Hall–Kier alpha value is -2.03. The first-order chi connectivity index (χ1) is 11.6. The van der Waals surface area contributed by atoms with Gasteiger partial charge in [0.1, 0.15) is 0 Å². The minimum absolute atomic E-state index is 0.0797. The van der Waals surface area contributed by atoms with E-state index in [9.17, 15) is 14.9 Å². The molecule has 130 valence electrons. The molecular weight excluding hydrogens is 314 g/mol. The normalized spacial score (nSPS) is 22.6. The molecule has 1 aromatic carbocycles. The van der Waals surface area contributed by atoms with E-state index in [1.165, 1.54) is 12.1 Å². The zero-order valence-corrected chi connectivity index (χ0v) is 13.3. The highest BCUT2D eigenvalue weighted by Crippen LogP contribution is 2.29. The van der Waals surface area contributed by atoms with Crippen molar-refractivity contribution in [2.75, 3.05) is 19.8 Å². The monoisotopic (exact) mass is 335 g/mol. The summed E-state index contributed by atoms with van der Waals surface area (Å²) in [5.41, 5.74) is 5.84. The molecule has 3 rings (SSSR count). The second kappa shape index (κ2) is 7.25. The number of amides is 1. The van der Waals surface area contributed by atoms with Crippen LogP contribution in [0.25, 0.3) is 0 Å². The molecule has 0 aromatic heterocycles. The Morgan fingerprint density at radius 2 is 2.08 bits per heavy atom. The van der Waals surface area contributed by atoms with Crippen LogP contribution in [0.3, 0.4) is 0 Å². The van der Waals surface area contributed by atoms with E-state index in [1.807, 2.05) is 0 Å². The van der Waals surface area contributed by atoms with Crippen LogP contribution in [-0.4, -0.2) is 47.8 Å². The van der Waals surface area contributed by atoms with Gasteiger partial charge < -0.3 is 15.2 Å². The number of ether oxygens (including phenoxy) is 2. The third kappa shape index (κ3) is 3.55. The summed E-state index contributed by atoms with van der Waals surface area (Å²) in [5.74, 6) is -0.673. The highest BCUT2D eigenvalue weighted by atomic mass is 16.7. The molecule has 0 aliphatic carbocycles. The SMILES string of the molecule is NC(=O)c1ccc(CN2CCCC[C@H]2C2OCCO2)c([N+](=O)[O-])c1. The number of hydrogen-bond acceptors (Lipinski definition) is 6. The zero-order chi connectivity index (χ0) is 17.1. The maximum Gasteiger partial charge on any atom is 0.274 e. The molecule has 2 saturated heterocycles. The van der Waals surface area contributed by atoms with Crippen LogP contribution in [0.5, 0.6) is 0 Å². The molecule has 2 aliphatic rings. The lowest BCUT2D eigenvalue weighted by atomic mass is 9.99. The van der Waals surface area contributed by atoms with Crippen LogP contribution in [0.15, 0.2) is 18.2 Å². The highest BCUT2D eigenvalue weighted by Gasteiger charge is 2.34. The number of likely N-dealkylation sites (tertiary alicyclic amines) is 1. The molecular formula is C16H21N3O5. The Balaban J connectivity index is 1.82. The number of primary amides is 1. The molecule has 2 N–H and O–H groups in total. The summed E-state index contributed by atoms with van der Waals surface area (Å²) in [6, 6.07) is 4.49. The molecule has 24 heavy (non-hydrogen) atoms. The van der Waals surface area contributed by atoms with E-state index >= 15 is 0 Å². The van der Waals surface area contributed by atoms with Gasteiger partial charge in [0, 0.05) is 23.7 Å². The van der Waals surface area contributed by atoms with E-state index in [2.05, 4.69) is 4.90 Å². The fraction of sp³-hybridized carbons (Fsp3) is 0.562. The number of hydrogen-bond donors (Lipinski definition) is 1. The topological polar surface area (TPSA) is 108 Å². The average molecular weight is 335 g/mol. The Kier molecular flexibility index (Phi) is 5.08. The third-order valence-electron chi connectivity index (χ3n) is 4.57. The van der Waals surface area contributed by atoms with Crippen LogP contribution in [0.1, 0.15) is 35.2 Å². The summed E-state index contributed by atoms with van der Waals surface area (Å²) in [7, 11) is 0. The van der Waals surface area contributed by atoms with Crippen LogP contribution in [-0.2, 0) is 16.0 Å². The number of piperidine rings is 1. The standard InChI is InChI=1S/C16H21N3O5/c17-15(20)11-4-5-12(14(9-11)19(21)22)10-18-6-2-1-3-13(18)16-23-7-8-24-16/h4-5,9,13,16H,1-3,6-8,10H2,(H2,17,20)/t13-/m0/s1. The number of nitro groups is 1. The van der Waals surface area contributed by atoms with Gasteiger partial charge in [-0.1, -0.05) is 12.5 Å². The summed E-state index contributed by atoms with van der Waals surface area (Å²) in [6.45, 7) is 2.43. The Bertz CT molecular complexity index is 630. The van der Waals surface area contributed by atoms with Crippen LogP contribution < -0.4 is 5.73 Å². The predicted octanol–water partition coefficient (Wildman–Crippen LogP) is 1.42. The maximum absolute atomic E-state index is 11.4. The van der Waals surface area contributed by atoms with Crippen molar-refractivity contribution in [2.24, 2.45) is 5.73 Å². The van der Waals surface area contributed by atoms with E-state index in [1.54, 1.807) is 6.07 Å². The average Bonchev–Trinajstić information content (AvgIpc) is 3.09. The number of nitrogens with zero attached hydrogens (tertiary/aromatic N) is 2. The van der Waals surface area contributed by atoms with Crippen molar-refractivity contribution in [1.82, 2.24) is 4.90 Å². The number of carbonyl (C=O) groups is 1.